The minimum Gasteiger partial charge on any atom is -0.494 e. The van der Waals surface area contributed by atoms with Gasteiger partial charge in [0, 0.05) is 0 Å². The van der Waals surface area contributed by atoms with Gasteiger partial charge in [0.2, 0.25) is 0 Å². The van der Waals surface area contributed by atoms with Crippen LogP contribution in [-0.2, 0) is 4.79 Å². The number of rotatable bonds is 3. The molecule has 0 unspecified atom stereocenters. The molecule has 170 valence electrons. The number of carbonyl (C=O) groups is 1. The fourth-order valence-corrected chi connectivity index (χ4v) is 2.44. The van der Waals surface area contributed by atoms with E-state index in [-0.39, 0.29) is 0 Å². The highest BCUT2D eigenvalue weighted by Gasteiger charge is 2.14. The SMILES string of the molecule is C=O.CC.CC.CC.CC.CCC.CCOc1ccc(C2CCCCC2)cc1. The van der Waals surface area contributed by atoms with E-state index in [9.17, 15) is 0 Å². The van der Waals surface area contributed by atoms with E-state index >= 15 is 0 Å². The molecule has 0 amide bonds. The van der Waals surface area contributed by atoms with E-state index in [4.69, 9.17) is 9.53 Å². The van der Waals surface area contributed by atoms with Crippen molar-refractivity contribution < 1.29 is 9.53 Å². The molecule has 1 saturated carbocycles. The van der Waals surface area contributed by atoms with Crippen molar-refractivity contribution in [3.05, 3.63) is 29.8 Å². The lowest BCUT2D eigenvalue weighted by molar-refractivity contribution is -0.0979. The highest BCUT2D eigenvalue weighted by atomic mass is 16.5. The molecule has 1 aliphatic carbocycles. The number of ether oxygens (including phenoxy) is 1. The van der Waals surface area contributed by atoms with Gasteiger partial charge in [0.05, 0.1) is 6.61 Å². The second-order valence-corrected chi connectivity index (χ2v) is 5.04. The first-order valence-electron chi connectivity index (χ1n) is 11.8. The molecule has 1 fully saturated rings. The van der Waals surface area contributed by atoms with Gasteiger partial charge in [0.25, 0.3) is 0 Å². The lowest BCUT2D eigenvalue weighted by atomic mass is 9.84. The first-order chi connectivity index (χ1) is 13.8. The normalized spacial score (nSPS) is 11.1. The van der Waals surface area contributed by atoms with Crippen LogP contribution >= 0.6 is 0 Å². The molecular formula is C26H54O2. The first-order valence-corrected chi connectivity index (χ1v) is 11.8. The summed E-state index contributed by atoms with van der Waals surface area (Å²) in [6.45, 7) is 25.0. The Balaban J connectivity index is -0.000000115. The Morgan fingerprint density at radius 1 is 0.750 bits per heavy atom. The van der Waals surface area contributed by atoms with E-state index in [0.717, 1.165) is 18.3 Å². The van der Waals surface area contributed by atoms with Crippen LogP contribution in [0.3, 0.4) is 0 Å². The Kier molecular flexibility index (Phi) is 54.0. The van der Waals surface area contributed by atoms with Crippen molar-refractivity contribution in [2.45, 2.75) is 121 Å². The van der Waals surface area contributed by atoms with Gasteiger partial charge in [-0.05, 0) is 43.4 Å². The van der Waals surface area contributed by atoms with Crippen molar-refractivity contribution in [1.29, 1.82) is 0 Å². The Morgan fingerprint density at radius 2 is 1.11 bits per heavy atom. The summed E-state index contributed by atoms with van der Waals surface area (Å²) in [7, 11) is 0. The van der Waals surface area contributed by atoms with E-state index in [1.165, 1.54) is 44.1 Å². The monoisotopic (exact) mass is 398 g/mol. The summed E-state index contributed by atoms with van der Waals surface area (Å²) >= 11 is 0. The van der Waals surface area contributed by atoms with Crippen LogP contribution < -0.4 is 4.74 Å². The second kappa shape index (κ2) is 40.4. The molecule has 0 radical (unpaired) electrons. The van der Waals surface area contributed by atoms with Gasteiger partial charge in [-0.2, -0.15) is 0 Å². The topological polar surface area (TPSA) is 26.3 Å². The summed E-state index contributed by atoms with van der Waals surface area (Å²) in [4.78, 5) is 8.00. The van der Waals surface area contributed by atoms with Crippen molar-refractivity contribution in [3.63, 3.8) is 0 Å². The molecule has 1 aliphatic rings. The number of hydrogen-bond acceptors (Lipinski definition) is 2. The zero-order valence-electron chi connectivity index (χ0n) is 21.4. The quantitative estimate of drug-likeness (QED) is 0.506. The Bertz CT molecular complexity index is 314. The van der Waals surface area contributed by atoms with Crippen molar-refractivity contribution in [2.24, 2.45) is 0 Å². The Labute approximate surface area is 179 Å². The van der Waals surface area contributed by atoms with E-state index in [1.54, 1.807) is 0 Å². The molecule has 0 aliphatic heterocycles. The third kappa shape index (κ3) is 24.7. The lowest BCUT2D eigenvalue weighted by Gasteiger charge is -2.22. The number of carbonyl (C=O) groups excluding carboxylic acids is 1. The second-order valence-electron chi connectivity index (χ2n) is 5.04. The van der Waals surface area contributed by atoms with Crippen LogP contribution in [0.25, 0.3) is 0 Å². The number of hydrogen-bond donors (Lipinski definition) is 0. The van der Waals surface area contributed by atoms with Crippen molar-refractivity contribution in [2.75, 3.05) is 6.61 Å². The zero-order valence-corrected chi connectivity index (χ0v) is 21.4. The highest BCUT2D eigenvalue weighted by molar-refractivity contribution is 5.29. The van der Waals surface area contributed by atoms with Crippen LogP contribution in [0.5, 0.6) is 5.75 Å². The van der Waals surface area contributed by atoms with Crippen molar-refractivity contribution >= 4 is 6.79 Å². The molecule has 2 heteroatoms. The molecule has 0 N–H and O–H groups in total. The van der Waals surface area contributed by atoms with Crippen molar-refractivity contribution in [1.82, 2.24) is 0 Å². The van der Waals surface area contributed by atoms with Gasteiger partial charge < -0.3 is 9.53 Å². The summed E-state index contributed by atoms with van der Waals surface area (Å²) in [5.41, 5.74) is 1.50. The van der Waals surface area contributed by atoms with E-state index in [1.807, 2.05) is 69.1 Å². The minimum atomic E-state index is 0.753. The first kappa shape index (κ1) is 37.4. The lowest BCUT2D eigenvalue weighted by Crippen LogP contribution is -2.04. The highest BCUT2D eigenvalue weighted by Crippen LogP contribution is 2.33. The summed E-state index contributed by atoms with van der Waals surface area (Å²) in [5.74, 6) is 1.80. The molecule has 2 rings (SSSR count). The summed E-state index contributed by atoms with van der Waals surface area (Å²) in [5, 5.41) is 0. The summed E-state index contributed by atoms with van der Waals surface area (Å²) < 4.78 is 5.45. The molecule has 1 aromatic rings. The van der Waals surface area contributed by atoms with Crippen LogP contribution in [0.4, 0.5) is 0 Å². The van der Waals surface area contributed by atoms with Gasteiger partial charge >= 0.3 is 0 Å². The molecule has 2 nitrogen and oxygen atoms in total. The maximum Gasteiger partial charge on any atom is 0.119 e. The fourth-order valence-electron chi connectivity index (χ4n) is 2.44. The molecule has 0 saturated heterocycles. The predicted octanol–water partition coefficient (Wildman–Crippen LogP) is 9.47. The molecule has 0 bridgehead atoms. The van der Waals surface area contributed by atoms with Gasteiger partial charge in [-0.1, -0.05) is 107 Å². The predicted molar refractivity (Wildman–Crippen MR) is 132 cm³/mol. The largest absolute Gasteiger partial charge is 0.494 e. The van der Waals surface area contributed by atoms with Crippen molar-refractivity contribution in [3.8, 4) is 5.75 Å². The molecular weight excluding hydrogens is 344 g/mol. The van der Waals surface area contributed by atoms with Gasteiger partial charge in [0.15, 0.2) is 0 Å². The van der Waals surface area contributed by atoms with Crippen LogP contribution in [0.2, 0.25) is 0 Å². The average Bonchev–Trinajstić information content (AvgIpc) is 2.82. The maximum atomic E-state index is 8.00. The standard InChI is InChI=1S/C14H20O.C3H8.4C2H6.CH2O/c1-2-15-14-10-8-13(9-11-14)12-6-4-3-5-7-12;1-3-2;5*1-2/h8-12H,2-7H2,1H3;3H2,1-2H3;4*1-2H3;1H2. The molecule has 28 heavy (non-hydrogen) atoms. The molecule has 1 aromatic carbocycles. The van der Waals surface area contributed by atoms with Crippen LogP contribution in [0, 0.1) is 0 Å². The maximum absolute atomic E-state index is 8.00. The smallest absolute Gasteiger partial charge is 0.119 e. The molecule has 0 atom stereocenters. The van der Waals surface area contributed by atoms with Crippen LogP contribution in [0.1, 0.15) is 126 Å². The zero-order chi connectivity index (χ0) is 23.2. The summed E-state index contributed by atoms with van der Waals surface area (Å²) in [6.07, 6.45) is 8.21. The molecule has 0 spiro atoms. The van der Waals surface area contributed by atoms with E-state index < -0.39 is 0 Å². The Hall–Kier alpha value is -1.31. The van der Waals surface area contributed by atoms with Gasteiger partial charge in [-0.25, -0.2) is 0 Å². The van der Waals surface area contributed by atoms with E-state index in [2.05, 4.69) is 38.1 Å². The summed E-state index contributed by atoms with van der Waals surface area (Å²) in [6, 6.07) is 8.68. The van der Waals surface area contributed by atoms with E-state index in [0.29, 0.717) is 0 Å². The van der Waals surface area contributed by atoms with Gasteiger partial charge in [0.1, 0.15) is 12.5 Å². The molecule has 0 aromatic heterocycles. The molecule has 0 heterocycles. The van der Waals surface area contributed by atoms with Crippen LogP contribution in [0.15, 0.2) is 24.3 Å². The van der Waals surface area contributed by atoms with Gasteiger partial charge in [-0.15, -0.1) is 0 Å². The third-order valence-electron chi connectivity index (χ3n) is 3.27. The average molecular weight is 399 g/mol. The number of benzene rings is 1. The fraction of sp³-hybridized carbons (Fsp3) is 0.731. The minimum absolute atomic E-state index is 0.753. The van der Waals surface area contributed by atoms with Gasteiger partial charge in [-0.3, -0.25) is 0 Å². The third-order valence-corrected chi connectivity index (χ3v) is 3.27. The van der Waals surface area contributed by atoms with Crippen LogP contribution in [-0.4, -0.2) is 13.4 Å². The Morgan fingerprint density at radius 3 is 1.43 bits per heavy atom.